The van der Waals surface area contributed by atoms with E-state index in [9.17, 15) is 9.59 Å². The number of rotatable bonds is 15. The SMILES string of the molecule is O=C1OC(COCCOCCOCCOCC2CN(c3ccccc3)C(=O)O2)CN1c1ccccc1. The highest BCUT2D eigenvalue weighted by Crippen LogP contribution is 2.22. The molecule has 2 aromatic carbocycles. The van der Waals surface area contributed by atoms with Crippen molar-refractivity contribution >= 4 is 23.6 Å². The Morgan fingerprint density at radius 3 is 1.33 bits per heavy atom. The Bertz CT molecular complexity index is 868. The molecule has 2 heterocycles. The highest BCUT2D eigenvalue weighted by atomic mass is 16.6. The summed E-state index contributed by atoms with van der Waals surface area (Å²) in [5.41, 5.74) is 1.63. The van der Waals surface area contributed by atoms with Crippen LogP contribution in [0.15, 0.2) is 60.7 Å². The average molecular weight is 501 g/mol. The van der Waals surface area contributed by atoms with E-state index >= 15 is 0 Å². The molecule has 4 rings (SSSR count). The maximum Gasteiger partial charge on any atom is 0.414 e. The van der Waals surface area contributed by atoms with E-state index in [0.29, 0.717) is 65.9 Å². The van der Waals surface area contributed by atoms with Gasteiger partial charge in [-0.2, -0.15) is 0 Å². The van der Waals surface area contributed by atoms with Crippen LogP contribution in [0.5, 0.6) is 0 Å². The van der Waals surface area contributed by atoms with Gasteiger partial charge in [0, 0.05) is 11.4 Å². The summed E-state index contributed by atoms with van der Waals surface area (Å²) in [6, 6.07) is 18.8. The van der Waals surface area contributed by atoms with Crippen LogP contribution in [0.25, 0.3) is 0 Å². The van der Waals surface area contributed by atoms with E-state index in [2.05, 4.69) is 0 Å². The molecule has 36 heavy (non-hydrogen) atoms. The second-order valence-corrected chi connectivity index (χ2v) is 8.28. The zero-order valence-electron chi connectivity index (χ0n) is 20.2. The Labute approximate surface area is 210 Å². The van der Waals surface area contributed by atoms with Crippen molar-refractivity contribution in [2.75, 3.05) is 75.7 Å². The van der Waals surface area contributed by atoms with Crippen molar-refractivity contribution < 1.29 is 38.0 Å². The number of hydrogen-bond acceptors (Lipinski definition) is 8. The lowest BCUT2D eigenvalue weighted by molar-refractivity contribution is -0.0196. The van der Waals surface area contributed by atoms with E-state index in [1.807, 2.05) is 60.7 Å². The largest absolute Gasteiger partial charge is 0.441 e. The van der Waals surface area contributed by atoms with Crippen LogP contribution in [0.3, 0.4) is 0 Å². The number of cyclic esters (lactones) is 2. The molecule has 2 aliphatic heterocycles. The van der Waals surface area contributed by atoms with Crippen molar-refractivity contribution in [3.63, 3.8) is 0 Å². The monoisotopic (exact) mass is 500 g/mol. The molecule has 0 bridgehead atoms. The maximum absolute atomic E-state index is 12.0. The molecule has 10 heteroatoms. The minimum atomic E-state index is -0.356. The van der Waals surface area contributed by atoms with Crippen molar-refractivity contribution in [3.8, 4) is 0 Å². The topological polar surface area (TPSA) is 96.0 Å². The van der Waals surface area contributed by atoms with E-state index in [0.717, 1.165) is 11.4 Å². The highest BCUT2D eigenvalue weighted by Gasteiger charge is 2.33. The molecule has 2 atom stereocenters. The Hall–Kier alpha value is -3.18. The van der Waals surface area contributed by atoms with E-state index < -0.39 is 0 Å². The van der Waals surface area contributed by atoms with Crippen LogP contribution >= 0.6 is 0 Å². The lowest BCUT2D eigenvalue weighted by Gasteiger charge is -2.13. The summed E-state index contributed by atoms with van der Waals surface area (Å²) < 4.78 is 32.8. The van der Waals surface area contributed by atoms with Gasteiger partial charge in [-0.05, 0) is 24.3 Å². The van der Waals surface area contributed by atoms with Gasteiger partial charge < -0.3 is 28.4 Å². The number of ether oxygens (including phenoxy) is 6. The molecule has 2 saturated heterocycles. The summed E-state index contributed by atoms with van der Waals surface area (Å²) >= 11 is 0. The molecular formula is C26H32N2O8. The third-order valence-corrected chi connectivity index (χ3v) is 5.61. The number of hydrogen-bond donors (Lipinski definition) is 0. The number of amides is 2. The molecular weight excluding hydrogens is 468 g/mol. The molecule has 0 aromatic heterocycles. The fraction of sp³-hybridized carbons (Fsp3) is 0.462. The summed E-state index contributed by atoms with van der Waals surface area (Å²) in [6.07, 6.45) is -1.30. The van der Waals surface area contributed by atoms with Crippen LogP contribution in [0.4, 0.5) is 21.0 Å². The Balaban J connectivity index is 0.949. The van der Waals surface area contributed by atoms with Crippen molar-refractivity contribution in [1.29, 1.82) is 0 Å². The van der Waals surface area contributed by atoms with Crippen molar-refractivity contribution in [2.45, 2.75) is 12.2 Å². The van der Waals surface area contributed by atoms with E-state index in [-0.39, 0.29) is 24.4 Å². The number of carbonyl (C=O) groups is 2. The Morgan fingerprint density at radius 1 is 0.583 bits per heavy atom. The third kappa shape index (κ3) is 7.66. The van der Waals surface area contributed by atoms with Gasteiger partial charge in [0.05, 0.1) is 65.9 Å². The number of para-hydroxylation sites is 2. The van der Waals surface area contributed by atoms with Gasteiger partial charge in [-0.25, -0.2) is 9.59 Å². The molecule has 2 unspecified atom stereocenters. The van der Waals surface area contributed by atoms with Crippen LogP contribution < -0.4 is 9.80 Å². The quantitative estimate of drug-likeness (QED) is 0.344. The first-order chi connectivity index (χ1) is 17.7. The first kappa shape index (κ1) is 25.9. The number of carbonyl (C=O) groups excluding carboxylic acids is 2. The van der Waals surface area contributed by atoms with Gasteiger partial charge in [-0.15, -0.1) is 0 Å². The summed E-state index contributed by atoms with van der Waals surface area (Å²) in [5, 5.41) is 0. The van der Waals surface area contributed by atoms with Crippen molar-refractivity contribution in [1.82, 2.24) is 0 Å². The van der Waals surface area contributed by atoms with Gasteiger partial charge in [0.1, 0.15) is 12.2 Å². The van der Waals surface area contributed by atoms with E-state index in [4.69, 9.17) is 28.4 Å². The molecule has 0 aliphatic carbocycles. The van der Waals surface area contributed by atoms with Crippen molar-refractivity contribution in [3.05, 3.63) is 60.7 Å². The van der Waals surface area contributed by atoms with Gasteiger partial charge in [-0.3, -0.25) is 9.80 Å². The van der Waals surface area contributed by atoms with E-state index in [1.54, 1.807) is 9.80 Å². The second kappa shape index (κ2) is 13.8. The fourth-order valence-electron chi connectivity index (χ4n) is 3.84. The minimum Gasteiger partial charge on any atom is -0.441 e. The maximum atomic E-state index is 12.0. The smallest absolute Gasteiger partial charge is 0.414 e. The van der Waals surface area contributed by atoms with Crippen LogP contribution in [-0.4, -0.2) is 90.3 Å². The van der Waals surface area contributed by atoms with Crippen LogP contribution in [-0.2, 0) is 28.4 Å². The number of nitrogens with zero attached hydrogens (tertiary/aromatic N) is 2. The van der Waals surface area contributed by atoms with Gasteiger partial charge >= 0.3 is 12.2 Å². The summed E-state index contributed by atoms with van der Waals surface area (Å²) in [4.78, 5) is 27.2. The number of benzene rings is 2. The standard InChI is InChI=1S/C26H32N2O8/c29-25-27(21-7-3-1-4-8-21)17-23(35-25)19-33-15-13-31-11-12-32-14-16-34-20-24-18-28(26(30)36-24)22-9-5-2-6-10-22/h1-10,23-24H,11-20H2. The highest BCUT2D eigenvalue weighted by molar-refractivity contribution is 5.90. The molecule has 10 nitrogen and oxygen atoms in total. The van der Waals surface area contributed by atoms with Crippen LogP contribution in [0.1, 0.15) is 0 Å². The lowest BCUT2D eigenvalue weighted by atomic mass is 10.3. The van der Waals surface area contributed by atoms with Crippen LogP contribution in [0, 0.1) is 0 Å². The second-order valence-electron chi connectivity index (χ2n) is 8.28. The average Bonchev–Trinajstić information content (AvgIpc) is 3.47. The zero-order chi connectivity index (χ0) is 25.0. The predicted molar refractivity (Wildman–Crippen MR) is 131 cm³/mol. The Morgan fingerprint density at radius 2 is 0.944 bits per heavy atom. The zero-order valence-corrected chi connectivity index (χ0v) is 20.2. The molecule has 2 amide bonds. The summed E-state index contributed by atoms with van der Waals surface area (Å²) in [7, 11) is 0. The molecule has 2 aliphatic rings. The lowest BCUT2D eigenvalue weighted by Crippen LogP contribution is -2.26. The van der Waals surface area contributed by atoms with E-state index in [1.165, 1.54) is 0 Å². The minimum absolute atomic E-state index is 0.296. The first-order valence-corrected chi connectivity index (χ1v) is 12.1. The Kier molecular flexibility index (Phi) is 9.92. The summed E-state index contributed by atoms with van der Waals surface area (Å²) in [6.45, 7) is 4.12. The van der Waals surface area contributed by atoms with Gasteiger partial charge in [0.2, 0.25) is 0 Å². The fourth-order valence-corrected chi connectivity index (χ4v) is 3.84. The normalized spacial score (nSPS) is 19.6. The van der Waals surface area contributed by atoms with Gasteiger partial charge in [-0.1, -0.05) is 36.4 Å². The predicted octanol–water partition coefficient (Wildman–Crippen LogP) is 3.10. The first-order valence-electron chi connectivity index (χ1n) is 12.1. The molecule has 0 N–H and O–H groups in total. The molecule has 0 spiro atoms. The van der Waals surface area contributed by atoms with Crippen molar-refractivity contribution in [2.24, 2.45) is 0 Å². The number of anilines is 2. The van der Waals surface area contributed by atoms with Crippen LogP contribution in [0.2, 0.25) is 0 Å². The van der Waals surface area contributed by atoms with Gasteiger partial charge in [0.15, 0.2) is 0 Å². The molecule has 2 fully saturated rings. The third-order valence-electron chi connectivity index (χ3n) is 5.61. The molecule has 0 radical (unpaired) electrons. The van der Waals surface area contributed by atoms with Gasteiger partial charge in [0.25, 0.3) is 0 Å². The molecule has 0 saturated carbocycles. The molecule has 194 valence electrons. The molecule has 2 aromatic rings. The summed E-state index contributed by atoms with van der Waals surface area (Å²) in [5.74, 6) is 0.